The molecule has 0 aromatic heterocycles. The van der Waals surface area contributed by atoms with Crippen molar-refractivity contribution >= 4 is 12.0 Å². The van der Waals surface area contributed by atoms with Crippen LogP contribution in [0, 0.1) is 0 Å². The SMILES string of the molecule is C1CCNC1.COOOSCCCc1ccccc1.OCCCO.[H-].[Na+]. The molecule has 2 rings (SSSR count). The molecule has 0 amide bonds. The second-order valence-electron chi connectivity index (χ2n) is 4.97. The average Bonchev–Trinajstić information content (AvgIpc) is 3.20. The van der Waals surface area contributed by atoms with E-state index in [-0.39, 0.29) is 44.2 Å². The summed E-state index contributed by atoms with van der Waals surface area (Å²) in [6.07, 6.45) is 5.39. The fraction of sp³-hybridized carbons (Fsp3) is 0.647. The number of aliphatic hydroxyl groups is 2. The third-order valence-electron chi connectivity index (χ3n) is 2.95. The predicted molar refractivity (Wildman–Crippen MR) is 98.4 cm³/mol. The number of hydrogen-bond donors (Lipinski definition) is 3. The second kappa shape index (κ2) is 24.3. The maximum absolute atomic E-state index is 7.91. The van der Waals surface area contributed by atoms with Gasteiger partial charge in [0.05, 0.1) is 7.11 Å². The van der Waals surface area contributed by atoms with Gasteiger partial charge >= 0.3 is 29.6 Å². The summed E-state index contributed by atoms with van der Waals surface area (Å²) in [5, 5.41) is 23.3. The Morgan fingerprint density at radius 2 is 1.72 bits per heavy atom. The van der Waals surface area contributed by atoms with Crippen LogP contribution in [0.25, 0.3) is 0 Å². The van der Waals surface area contributed by atoms with Crippen molar-refractivity contribution in [2.24, 2.45) is 0 Å². The molecule has 1 aromatic rings. The molecule has 0 saturated carbocycles. The molecule has 0 bridgehead atoms. The van der Waals surface area contributed by atoms with Crippen molar-refractivity contribution in [1.29, 1.82) is 0 Å². The normalized spacial score (nSPS) is 12.3. The van der Waals surface area contributed by atoms with E-state index >= 15 is 0 Å². The van der Waals surface area contributed by atoms with Gasteiger partial charge in [-0.2, -0.15) is 0 Å². The molecule has 0 atom stereocenters. The molecule has 1 aliphatic heterocycles. The minimum Gasteiger partial charge on any atom is -1.00 e. The van der Waals surface area contributed by atoms with Gasteiger partial charge in [-0.05, 0) is 50.8 Å². The summed E-state index contributed by atoms with van der Waals surface area (Å²) in [7, 11) is 1.41. The second-order valence-corrected chi connectivity index (χ2v) is 5.75. The first-order chi connectivity index (χ1) is 11.8. The largest absolute Gasteiger partial charge is 1.00 e. The van der Waals surface area contributed by atoms with Crippen LogP contribution < -0.4 is 34.9 Å². The van der Waals surface area contributed by atoms with Crippen LogP contribution in [0.4, 0.5) is 0 Å². The molecule has 1 heterocycles. The maximum Gasteiger partial charge on any atom is 1.00 e. The zero-order chi connectivity index (χ0) is 17.7. The van der Waals surface area contributed by atoms with E-state index in [1.54, 1.807) is 0 Å². The number of aliphatic hydroxyl groups excluding tert-OH is 2. The molecule has 0 aliphatic carbocycles. The summed E-state index contributed by atoms with van der Waals surface area (Å²) in [5.41, 5.74) is 1.35. The molecule has 1 fully saturated rings. The van der Waals surface area contributed by atoms with Crippen LogP contribution in [0.3, 0.4) is 0 Å². The number of nitrogens with one attached hydrogen (secondary N) is 1. The fourth-order valence-corrected chi connectivity index (χ4v) is 2.18. The first-order valence-corrected chi connectivity index (χ1v) is 9.21. The first kappa shape index (κ1) is 27.5. The summed E-state index contributed by atoms with van der Waals surface area (Å²) in [6.45, 7) is 2.69. The van der Waals surface area contributed by atoms with Crippen LogP contribution in [-0.2, 0) is 20.7 Å². The van der Waals surface area contributed by atoms with Gasteiger partial charge in [-0.3, -0.25) is 0 Å². The topological polar surface area (TPSA) is 80.2 Å². The fourth-order valence-electron chi connectivity index (χ4n) is 1.76. The Balaban J connectivity index is -0.000000367. The zero-order valence-electron chi connectivity index (χ0n) is 16.5. The molecular formula is C17H32NNaO5S. The molecule has 8 heteroatoms. The van der Waals surface area contributed by atoms with Gasteiger partial charge in [-0.25, -0.2) is 4.89 Å². The first-order valence-electron chi connectivity index (χ1n) is 8.30. The molecule has 1 saturated heterocycles. The number of benzene rings is 1. The summed E-state index contributed by atoms with van der Waals surface area (Å²) in [5.74, 6) is 0.887. The summed E-state index contributed by atoms with van der Waals surface area (Å²) in [6, 6.07) is 10.4. The van der Waals surface area contributed by atoms with E-state index in [0.717, 1.165) is 18.6 Å². The Morgan fingerprint density at radius 3 is 2.16 bits per heavy atom. The Kier molecular flexibility index (Phi) is 26.8. The summed E-state index contributed by atoms with van der Waals surface area (Å²) in [4.78, 5) is 4.26. The third kappa shape index (κ3) is 22.3. The molecule has 1 aliphatic rings. The Hall–Kier alpha value is 0.330. The van der Waals surface area contributed by atoms with Gasteiger partial charge in [0, 0.05) is 31.0 Å². The van der Waals surface area contributed by atoms with Gasteiger partial charge < -0.3 is 17.0 Å². The molecule has 6 nitrogen and oxygen atoms in total. The monoisotopic (exact) mass is 385 g/mol. The van der Waals surface area contributed by atoms with Crippen molar-refractivity contribution < 1.29 is 55.5 Å². The van der Waals surface area contributed by atoms with Gasteiger partial charge in [-0.1, -0.05) is 35.4 Å². The molecule has 1 aromatic carbocycles. The van der Waals surface area contributed by atoms with E-state index in [2.05, 4.69) is 31.7 Å². The van der Waals surface area contributed by atoms with Crippen molar-refractivity contribution in [2.75, 3.05) is 39.2 Å². The maximum atomic E-state index is 7.91. The Labute approximate surface area is 179 Å². The van der Waals surface area contributed by atoms with E-state index in [1.165, 1.54) is 50.6 Å². The van der Waals surface area contributed by atoms with Gasteiger partial charge in [0.15, 0.2) is 0 Å². The minimum absolute atomic E-state index is 0. The van der Waals surface area contributed by atoms with Crippen LogP contribution in [-0.4, -0.2) is 49.4 Å². The van der Waals surface area contributed by atoms with Gasteiger partial charge in [0.1, 0.15) is 0 Å². The molecule has 3 N–H and O–H groups in total. The van der Waals surface area contributed by atoms with Crippen LogP contribution in [0.15, 0.2) is 30.3 Å². The third-order valence-corrected chi connectivity index (χ3v) is 3.56. The van der Waals surface area contributed by atoms with E-state index in [1.807, 2.05) is 18.2 Å². The predicted octanol–water partition coefficient (Wildman–Crippen LogP) is -0.376. The van der Waals surface area contributed by atoms with Crippen molar-refractivity contribution in [3.8, 4) is 0 Å². The van der Waals surface area contributed by atoms with E-state index in [9.17, 15) is 0 Å². The van der Waals surface area contributed by atoms with Crippen LogP contribution in [0.5, 0.6) is 0 Å². The molecule has 0 radical (unpaired) electrons. The molecule has 142 valence electrons. The quantitative estimate of drug-likeness (QED) is 0.176. The van der Waals surface area contributed by atoms with Gasteiger partial charge in [0.25, 0.3) is 0 Å². The van der Waals surface area contributed by atoms with Crippen molar-refractivity contribution in [3.05, 3.63) is 35.9 Å². The Morgan fingerprint density at radius 1 is 1.08 bits per heavy atom. The van der Waals surface area contributed by atoms with Crippen molar-refractivity contribution in [1.82, 2.24) is 5.32 Å². The summed E-state index contributed by atoms with van der Waals surface area (Å²) >= 11 is 1.25. The smallest absolute Gasteiger partial charge is 1.00 e. The van der Waals surface area contributed by atoms with Crippen molar-refractivity contribution in [3.63, 3.8) is 0 Å². The van der Waals surface area contributed by atoms with Crippen LogP contribution >= 0.6 is 12.0 Å². The van der Waals surface area contributed by atoms with Gasteiger partial charge in [-0.15, -0.1) is 4.33 Å². The minimum atomic E-state index is 0. The van der Waals surface area contributed by atoms with E-state index < -0.39 is 0 Å². The van der Waals surface area contributed by atoms with Crippen molar-refractivity contribution in [2.45, 2.75) is 32.1 Å². The Bertz CT molecular complexity index is 342. The van der Waals surface area contributed by atoms with Gasteiger partial charge in [0.2, 0.25) is 0 Å². The van der Waals surface area contributed by atoms with E-state index in [0.29, 0.717) is 6.42 Å². The molecule has 25 heavy (non-hydrogen) atoms. The standard InChI is InChI=1S/C10H14O3S.C4H9N.C3H8O2.Na.H/c1-11-12-13-14-9-5-8-10-6-3-2-4-7-10;1-2-4-5-3-1;4-2-1-3-5;;/h2-4,6-7H,5,8-9H2,1H3;5H,1-4H2;4-5H,1-3H2;;/q;;;+1;-1. The van der Waals surface area contributed by atoms with E-state index in [4.69, 9.17) is 10.2 Å². The molecule has 0 spiro atoms. The van der Waals surface area contributed by atoms with Crippen LogP contribution in [0.2, 0.25) is 0 Å². The average molecular weight is 386 g/mol. The zero-order valence-corrected chi connectivity index (χ0v) is 18.3. The summed E-state index contributed by atoms with van der Waals surface area (Å²) < 4.78 is 4.62. The number of hydrogen-bond acceptors (Lipinski definition) is 7. The number of aryl methyl sites for hydroxylation is 1. The molecular weight excluding hydrogens is 353 g/mol. The number of rotatable bonds is 9. The molecule has 0 unspecified atom stereocenters. The van der Waals surface area contributed by atoms with Crippen LogP contribution in [0.1, 0.15) is 32.7 Å².